The highest BCUT2D eigenvalue weighted by Crippen LogP contribution is 2.26. The lowest BCUT2D eigenvalue weighted by Crippen LogP contribution is -2.15. The van der Waals surface area contributed by atoms with Gasteiger partial charge in [0.25, 0.3) is 10.0 Å². The van der Waals surface area contributed by atoms with Gasteiger partial charge in [-0.25, -0.2) is 13.4 Å². The van der Waals surface area contributed by atoms with Gasteiger partial charge in [-0.1, -0.05) is 15.9 Å². The fourth-order valence-corrected chi connectivity index (χ4v) is 4.14. The SMILES string of the molecule is CNc1ncc(Br)cc1S(=O)(=O)Nc1cc(C)cc(Br)c1. The molecule has 0 fully saturated rings. The van der Waals surface area contributed by atoms with E-state index in [1.165, 1.54) is 12.3 Å². The van der Waals surface area contributed by atoms with Gasteiger partial charge in [-0.05, 0) is 52.7 Å². The quantitative estimate of drug-likeness (QED) is 0.768. The first kappa shape index (κ1) is 16.3. The molecular formula is C13H13Br2N3O2S. The number of sulfonamides is 1. The van der Waals surface area contributed by atoms with Crippen LogP contribution in [0.4, 0.5) is 11.5 Å². The van der Waals surface area contributed by atoms with Crippen molar-refractivity contribution < 1.29 is 8.42 Å². The summed E-state index contributed by atoms with van der Waals surface area (Å²) in [5.41, 5.74) is 1.44. The van der Waals surface area contributed by atoms with E-state index in [0.717, 1.165) is 10.0 Å². The molecule has 8 heteroatoms. The highest BCUT2D eigenvalue weighted by Gasteiger charge is 2.20. The van der Waals surface area contributed by atoms with Crippen LogP contribution in [0.15, 0.2) is 44.3 Å². The molecule has 1 aromatic heterocycles. The topological polar surface area (TPSA) is 71.1 Å². The number of hydrogen-bond donors (Lipinski definition) is 2. The van der Waals surface area contributed by atoms with Crippen molar-refractivity contribution in [1.82, 2.24) is 4.98 Å². The molecule has 0 amide bonds. The first-order chi connectivity index (χ1) is 9.81. The van der Waals surface area contributed by atoms with E-state index in [2.05, 4.69) is 46.9 Å². The Morgan fingerprint density at radius 2 is 1.81 bits per heavy atom. The average Bonchev–Trinajstić information content (AvgIpc) is 2.36. The Balaban J connectivity index is 2.45. The normalized spacial score (nSPS) is 11.2. The molecule has 1 heterocycles. The van der Waals surface area contributed by atoms with E-state index in [0.29, 0.717) is 10.2 Å². The van der Waals surface area contributed by atoms with E-state index in [4.69, 9.17) is 0 Å². The summed E-state index contributed by atoms with van der Waals surface area (Å²) in [5, 5.41) is 2.78. The molecule has 1 aromatic carbocycles. The molecule has 0 aliphatic rings. The van der Waals surface area contributed by atoms with Crippen LogP contribution >= 0.6 is 31.9 Å². The Bertz CT molecular complexity index is 759. The highest BCUT2D eigenvalue weighted by atomic mass is 79.9. The summed E-state index contributed by atoms with van der Waals surface area (Å²) in [5.74, 6) is 0.289. The van der Waals surface area contributed by atoms with Gasteiger partial charge in [0.15, 0.2) is 0 Å². The number of benzene rings is 1. The molecule has 0 radical (unpaired) electrons. The summed E-state index contributed by atoms with van der Waals surface area (Å²) in [7, 11) is -2.11. The smallest absolute Gasteiger partial charge is 0.265 e. The Labute approximate surface area is 140 Å². The molecule has 21 heavy (non-hydrogen) atoms. The third-order valence-corrected chi connectivity index (χ3v) is 4.93. The van der Waals surface area contributed by atoms with Gasteiger partial charge in [0.2, 0.25) is 0 Å². The second-order valence-electron chi connectivity index (χ2n) is 4.37. The predicted molar refractivity (Wildman–Crippen MR) is 91.2 cm³/mol. The summed E-state index contributed by atoms with van der Waals surface area (Å²) >= 11 is 6.59. The van der Waals surface area contributed by atoms with E-state index < -0.39 is 10.0 Å². The maximum absolute atomic E-state index is 12.5. The first-order valence-corrected chi connectivity index (χ1v) is 9.02. The number of hydrogen-bond acceptors (Lipinski definition) is 4. The summed E-state index contributed by atoms with van der Waals surface area (Å²) in [6.45, 7) is 1.89. The minimum absolute atomic E-state index is 0.0806. The molecule has 2 N–H and O–H groups in total. The molecule has 0 spiro atoms. The van der Waals surface area contributed by atoms with Crippen LogP contribution in [0.3, 0.4) is 0 Å². The molecule has 0 bridgehead atoms. The van der Waals surface area contributed by atoms with Crippen molar-refractivity contribution in [3.63, 3.8) is 0 Å². The van der Waals surface area contributed by atoms with Gasteiger partial charge in [-0.3, -0.25) is 4.72 Å². The highest BCUT2D eigenvalue weighted by molar-refractivity contribution is 9.10. The van der Waals surface area contributed by atoms with Gasteiger partial charge in [-0.15, -0.1) is 0 Å². The number of rotatable bonds is 4. The molecule has 0 saturated heterocycles. The molecule has 112 valence electrons. The number of halogens is 2. The summed E-state index contributed by atoms with van der Waals surface area (Å²) in [6, 6.07) is 6.87. The molecule has 5 nitrogen and oxygen atoms in total. The van der Waals surface area contributed by atoms with E-state index >= 15 is 0 Å². The minimum Gasteiger partial charge on any atom is -0.372 e. The van der Waals surface area contributed by atoms with Crippen LogP contribution in [0.25, 0.3) is 0 Å². The molecule has 0 saturated carbocycles. The zero-order valence-corrected chi connectivity index (χ0v) is 15.3. The Kier molecular flexibility index (Phi) is 4.90. The number of anilines is 2. The standard InChI is InChI=1S/C13H13Br2N3O2S/c1-8-3-9(14)5-11(4-8)18-21(19,20)12-6-10(15)7-17-13(12)16-2/h3-7,18H,1-2H3,(H,16,17). The number of aromatic nitrogens is 1. The monoisotopic (exact) mass is 433 g/mol. The van der Waals surface area contributed by atoms with Crippen molar-refractivity contribution in [3.05, 3.63) is 45.0 Å². The maximum Gasteiger partial charge on any atom is 0.265 e. The largest absolute Gasteiger partial charge is 0.372 e. The first-order valence-electron chi connectivity index (χ1n) is 5.95. The van der Waals surface area contributed by atoms with Crippen molar-refractivity contribution >= 4 is 53.4 Å². The van der Waals surface area contributed by atoms with Crippen LogP contribution in [0.1, 0.15) is 5.56 Å². The molecule has 0 aliphatic heterocycles. The second kappa shape index (κ2) is 6.33. The van der Waals surface area contributed by atoms with Crippen LogP contribution in [0, 0.1) is 6.92 Å². The Morgan fingerprint density at radius 1 is 1.10 bits per heavy atom. The van der Waals surface area contributed by atoms with Gasteiger partial charge in [0.05, 0.1) is 5.69 Å². The number of nitrogens with one attached hydrogen (secondary N) is 2. The number of nitrogens with zero attached hydrogens (tertiary/aromatic N) is 1. The minimum atomic E-state index is -3.74. The average molecular weight is 435 g/mol. The molecule has 0 atom stereocenters. The predicted octanol–water partition coefficient (Wildman–Crippen LogP) is 3.76. The lowest BCUT2D eigenvalue weighted by Gasteiger charge is -2.12. The number of pyridine rings is 1. The van der Waals surface area contributed by atoms with Crippen LogP contribution in [0.5, 0.6) is 0 Å². The fraction of sp³-hybridized carbons (Fsp3) is 0.154. The molecule has 0 aliphatic carbocycles. The lowest BCUT2D eigenvalue weighted by molar-refractivity contribution is 0.601. The summed E-state index contributed by atoms with van der Waals surface area (Å²) < 4.78 is 29.0. The van der Waals surface area contributed by atoms with Crippen LogP contribution in [-0.2, 0) is 10.0 Å². The molecule has 0 unspecified atom stereocenters. The lowest BCUT2D eigenvalue weighted by atomic mass is 10.2. The zero-order chi connectivity index (χ0) is 15.6. The summed E-state index contributed by atoms with van der Waals surface area (Å²) in [4.78, 5) is 4.13. The van der Waals surface area contributed by atoms with Crippen LogP contribution in [0.2, 0.25) is 0 Å². The van der Waals surface area contributed by atoms with Gasteiger partial charge in [-0.2, -0.15) is 0 Å². The molecule has 2 rings (SSSR count). The van der Waals surface area contributed by atoms with Gasteiger partial charge >= 0.3 is 0 Å². The van der Waals surface area contributed by atoms with Crippen LogP contribution in [-0.4, -0.2) is 20.4 Å². The third kappa shape index (κ3) is 3.96. The van der Waals surface area contributed by atoms with Crippen molar-refractivity contribution in [2.45, 2.75) is 11.8 Å². The summed E-state index contributed by atoms with van der Waals surface area (Å²) in [6.07, 6.45) is 1.54. The number of aryl methyl sites for hydroxylation is 1. The second-order valence-corrected chi connectivity index (χ2v) is 7.86. The Morgan fingerprint density at radius 3 is 2.43 bits per heavy atom. The third-order valence-electron chi connectivity index (χ3n) is 2.64. The van der Waals surface area contributed by atoms with Gasteiger partial charge in [0, 0.05) is 22.2 Å². The van der Waals surface area contributed by atoms with E-state index in [1.807, 2.05) is 13.0 Å². The van der Waals surface area contributed by atoms with E-state index in [1.54, 1.807) is 19.2 Å². The van der Waals surface area contributed by atoms with E-state index in [9.17, 15) is 8.42 Å². The van der Waals surface area contributed by atoms with Crippen molar-refractivity contribution in [2.75, 3.05) is 17.1 Å². The van der Waals surface area contributed by atoms with E-state index in [-0.39, 0.29) is 10.7 Å². The molecule has 2 aromatic rings. The van der Waals surface area contributed by atoms with Crippen molar-refractivity contribution in [2.24, 2.45) is 0 Å². The van der Waals surface area contributed by atoms with Crippen molar-refractivity contribution in [3.8, 4) is 0 Å². The maximum atomic E-state index is 12.5. The van der Waals surface area contributed by atoms with Gasteiger partial charge < -0.3 is 5.32 Å². The zero-order valence-electron chi connectivity index (χ0n) is 11.3. The molecular weight excluding hydrogens is 422 g/mol. The van der Waals surface area contributed by atoms with Gasteiger partial charge in [0.1, 0.15) is 10.7 Å². The Hall–Kier alpha value is -1.12. The van der Waals surface area contributed by atoms with Crippen LogP contribution < -0.4 is 10.0 Å². The fourth-order valence-electron chi connectivity index (χ4n) is 1.82. The van der Waals surface area contributed by atoms with Crippen molar-refractivity contribution in [1.29, 1.82) is 0 Å².